The van der Waals surface area contributed by atoms with Crippen molar-refractivity contribution in [2.45, 2.75) is 37.0 Å². The Labute approximate surface area is 487 Å². The number of ether oxygens (including phenoxy) is 4. The van der Waals surface area contributed by atoms with Crippen molar-refractivity contribution in [3.63, 3.8) is 0 Å². The number of hydrogen-bond donors (Lipinski definition) is 8. The normalized spacial score (nSPS) is 12.7. The van der Waals surface area contributed by atoms with E-state index in [1.54, 1.807) is 84.9 Å². The van der Waals surface area contributed by atoms with Gasteiger partial charge in [0.2, 0.25) is 10.0 Å². The second-order valence-corrected chi connectivity index (χ2v) is 21.3. The lowest BCUT2D eigenvalue weighted by Crippen LogP contribution is -2.25. The minimum atomic E-state index is -3.71. The average molecular weight is 1170 g/mol. The highest BCUT2D eigenvalue weighted by molar-refractivity contribution is 7.89. The van der Waals surface area contributed by atoms with Gasteiger partial charge in [0, 0.05) is 78.4 Å². The van der Waals surface area contributed by atoms with Gasteiger partial charge in [0.25, 0.3) is 0 Å². The van der Waals surface area contributed by atoms with Gasteiger partial charge in [-0.2, -0.15) is 0 Å². The van der Waals surface area contributed by atoms with E-state index in [1.165, 1.54) is 55.6 Å². The highest BCUT2D eigenvalue weighted by Crippen LogP contribution is 2.45. The molecule has 11 rings (SSSR count). The Morgan fingerprint density at radius 2 is 0.776 bits per heavy atom. The molecule has 85 heavy (non-hydrogen) atoms. The lowest BCUT2D eigenvalue weighted by Gasteiger charge is -2.21. The number of aliphatic hydroxyl groups is 1. The summed E-state index contributed by atoms with van der Waals surface area (Å²) in [6, 6.07) is 37.4. The van der Waals surface area contributed by atoms with Crippen molar-refractivity contribution >= 4 is 61.8 Å². The van der Waals surface area contributed by atoms with Crippen molar-refractivity contribution in [2.24, 2.45) is 0 Å². The minimum Gasteiger partial charge on any atom is -0.507 e. The van der Waals surface area contributed by atoms with E-state index in [1.807, 2.05) is 6.07 Å². The minimum absolute atomic E-state index is 0.00369. The van der Waals surface area contributed by atoms with Gasteiger partial charge in [-0.25, -0.2) is 13.1 Å². The van der Waals surface area contributed by atoms with E-state index in [0.717, 1.165) is 31.7 Å². The van der Waals surface area contributed by atoms with E-state index in [-0.39, 0.29) is 136 Å². The molecule has 0 spiro atoms. The third-order valence-corrected chi connectivity index (χ3v) is 15.5. The number of phenolic OH excluding ortho intramolecular Hbond substituents is 3. The molecule has 0 saturated carbocycles. The Bertz CT molecular complexity index is 4090. The standard InChI is InChI=1S/C24H22N2O7S.C20H21NO5.C20H13NO4/c1-32-12-4-11-26-34(30,31)15-9-7-14(8-10-15)33-19-13-18(27)20-21(22(19)25)24(29)17-6-3-2-5-16(17)23(20)28;21-18-15(26-10-6-2-1-5-9-22)11-14(23)16-17(18)20(25)13-8-4-3-7-12(13)19(16)24;21-18-15(25-11-6-2-1-3-7-11)10-14(22)16-17(18)20(24)13-9-5-4-8-12(13)19(16)23/h2-3,5-10,13,26-27H,4,11-12,25H2,1H3;3-4,7-8,11,22-23H,1-2,5-6,9-10,21H2;1-10,22H,21H2. The molecule has 0 atom stereocenters. The van der Waals surface area contributed by atoms with Crippen LogP contribution in [0.25, 0.3) is 0 Å². The van der Waals surface area contributed by atoms with Gasteiger partial charge in [-0.1, -0.05) is 97.4 Å². The fourth-order valence-corrected chi connectivity index (χ4v) is 10.9. The number of carbonyl (C=O) groups is 6. The Hall–Kier alpha value is -10.2. The third kappa shape index (κ3) is 12.0. The van der Waals surface area contributed by atoms with Crippen molar-refractivity contribution in [3.05, 3.63) is 212 Å². The molecule has 3 aliphatic carbocycles. The molecular weight excluding hydrogens is 1110 g/mol. The Kier molecular flexibility index (Phi) is 17.8. The largest absolute Gasteiger partial charge is 0.507 e. The van der Waals surface area contributed by atoms with Crippen molar-refractivity contribution in [2.75, 3.05) is 50.7 Å². The first-order chi connectivity index (χ1) is 40.9. The molecule has 0 bridgehead atoms. The number of nitrogens with two attached hydrogens (primary N) is 3. The first-order valence-electron chi connectivity index (χ1n) is 26.6. The summed E-state index contributed by atoms with van der Waals surface area (Å²) in [4.78, 5) is 76.9. The van der Waals surface area contributed by atoms with E-state index in [0.29, 0.717) is 25.4 Å². The van der Waals surface area contributed by atoms with E-state index in [4.69, 9.17) is 41.3 Å². The molecule has 8 aromatic carbocycles. The van der Waals surface area contributed by atoms with E-state index >= 15 is 0 Å². The number of nitrogens with one attached hydrogen (secondary N) is 1. The molecular formula is C64H56N4O16S. The predicted molar refractivity (Wildman–Crippen MR) is 313 cm³/mol. The molecule has 0 saturated heterocycles. The van der Waals surface area contributed by atoms with Crippen LogP contribution in [0.2, 0.25) is 0 Å². The maximum atomic E-state index is 13.0. The highest BCUT2D eigenvalue weighted by Gasteiger charge is 2.38. The summed E-state index contributed by atoms with van der Waals surface area (Å²) in [6.07, 6.45) is 3.82. The van der Waals surface area contributed by atoms with Crippen molar-refractivity contribution < 1.29 is 76.6 Å². The first kappa shape index (κ1) is 59.4. The second kappa shape index (κ2) is 25.5. The fraction of sp³-hybridized carbons (Fsp3) is 0.156. The van der Waals surface area contributed by atoms with Crippen LogP contribution in [0.4, 0.5) is 17.1 Å². The summed E-state index contributed by atoms with van der Waals surface area (Å²) in [5.41, 5.74) is 19.4. The van der Waals surface area contributed by atoms with Gasteiger partial charge in [0.05, 0.1) is 61.9 Å². The van der Waals surface area contributed by atoms with Crippen LogP contribution in [0.15, 0.2) is 150 Å². The van der Waals surface area contributed by atoms with Gasteiger partial charge < -0.3 is 56.6 Å². The molecule has 0 aliphatic heterocycles. The molecule has 20 nitrogen and oxygen atoms in total. The van der Waals surface area contributed by atoms with Crippen LogP contribution in [0.5, 0.6) is 46.0 Å². The molecule has 0 radical (unpaired) electrons. The van der Waals surface area contributed by atoms with Gasteiger partial charge in [0.15, 0.2) is 46.2 Å². The van der Waals surface area contributed by atoms with Gasteiger partial charge in [-0.05, 0) is 62.1 Å². The molecule has 21 heteroatoms. The summed E-state index contributed by atoms with van der Waals surface area (Å²) >= 11 is 0. The SMILES string of the molecule is COCCCNS(=O)(=O)c1ccc(Oc2cc(O)c3c(c2N)C(=O)c2ccccc2C3=O)cc1.Nc1c(OCCCCCCO)cc(O)c2c1C(=O)c1ccccc1C2=O.Nc1c(Oc2ccccc2)cc(O)c2c1C(=O)c1ccccc1C2=O. The number of anilines is 3. The van der Waals surface area contributed by atoms with Crippen LogP contribution in [0.1, 0.15) is 128 Å². The zero-order valence-corrected chi connectivity index (χ0v) is 46.4. The lowest BCUT2D eigenvalue weighted by molar-refractivity contribution is 0.0977. The average Bonchev–Trinajstić information content (AvgIpc) is 3.49. The monoisotopic (exact) mass is 1170 g/mol. The number of phenols is 3. The van der Waals surface area contributed by atoms with Crippen LogP contribution in [-0.2, 0) is 14.8 Å². The molecule has 434 valence electrons. The molecule has 0 fully saturated rings. The van der Waals surface area contributed by atoms with Gasteiger partial charge >= 0.3 is 0 Å². The van der Waals surface area contributed by atoms with Crippen LogP contribution in [-0.4, -0.2) is 97.0 Å². The number of unbranched alkanes of at least 4 members (excludes halogenated alkanes) is 3. The zero-order chi connectivity index (χ0) is 60.7. The van der Waals surface area contributed by atoms with Crippen LogP contribution < -0.4 is 36.1 Å². The van der Waals surface area contributed by atoms with E-state index < -0.39 is 50.5 Å². The molecule has 0 aromatic heterocycles. The maximum Gasteiger partial charge on any atom is 0.240 e. The number of rotatable bonds is 17. The summed E-state index contributed by atoms with van der Waals surface area (Å²) in [5, 5.41) is 39.9. The number of benzene rings is 8. The Morgan fingerprint density at radius 3 is 1.18 bits per heavy atom. The quantitative estimate of drug-likeness (QED) is 0.0239. The van der Waals surface area contributed by atoms with Crippen LogP contribution >= 0.6 is 0 Å². The second-order valence-electron chi connectivity index (χ2n) is 19.5. The predicted octanol–water partition coefficient (Wildman–Crippen LogP) is 9.08. The summed E-state index contributed by atoms with van der Waals surface area (Å²) in [7, 11) is -2.17. The number of sulfonamides is 1. The molecule has 0 heterocycles. The molecule has 3 aliphatic rings. The smallest absolute Gasteiger partial charge is 0.240 e. The van der Waals surface area contributed by atoms with Crippen LogP contribution in [0, 0.1) is 0 Å². The molecule has 8 aromatic rings. The summed E-state index contributed by atoms with van der Waals surface area (Å²) < 4.78 is 49.2. The van der Waals surface area contributed by atoms with Crippen LogP contribution in [0.3, 0.4) is 0 Å². The van der Waals surface area contributed by atoms with Crippen molar-refractivity contribution in [1.29, 1.82) is 0 Å². The first-order valence-corrected chi connectivity index (χ1v) is 28.1. The lowest BCUT2D eigenvalue weighted by atomic mass is 9.82. The topological polar surface area (TPSA) is 344 Å². The number of hydrogen-bond acceptors (Lipinski definition) is 19. The zero-order valence-electron chi connectivity index (χ0n) is 45.5. The summed E-state index contributed by atoms with van der Waals surface area (Å²) in [5.74, 6) is -2.71. The number of aromatic hydroxyl groups is 3. The number of carbonyl (C=O) groups excluding carboxylic acids is 6. The third-order valence-electron chi connectivity index (χ3n) is 14.0. The molecule has 0 unspecified atom stereocenters. The number of aliphatic hydroxyl groups excluding tert-OH is 1. The fourth-order valence-electron chi connectivity index (χ4n) is 9.80. The van der Waals surface area contributed by atoms with Crippen molar-refractivity contribution in [3.8, 4) is 46.0 Å². The highest BCUT2D eigenvalue weighted by atomic mass is 32.2. The van der Waals surface area contributed by atoms with E-state index in [9.17, 15) is 52.5 Å². The van der Waals surface area contributed by atoms with Gasteiger partial charge in [-0.3, -0.25) is 28.8 Å². The molecule has 0 amide bonds. The Morgan fingerprint density at radius 1 is 0.424 bits per heavy atom. The van der Waals surface area contributed by atoms with Gasteiger partial charge in [0.1, 0.15) is 34.5 Å². The van der Waals surface area contributed by atoms with Gasteiger partial charge in [-0.15, -0.1) is 0 Å². The number of methoxy groups -OCH3 is 1. The molecule has 11 N–H and O–H groups in total. The summed E-state index contributed by atoms with van der Waals surface area (Å²) in [6.45, 7) is 1.20. The number of ketones is 6. The van der Waals surface area contributed by atoms with Crippen molar-refractivity contribution in [1.82, 2.24) is 4.72 Å². The Balaban J connectivity index is 0.000000155. The maximum absolute atomic E-state index is 13.0. The number of nitrogen functional groups attached to an aromatic ring is 3. The van der Waals surface area contributed by atoms with E-state index in [2.05, 4.69) is 4.72 Å². The number of para-hydroxylation sites is 1. The number of fused-ring (bicyclic) bond motifs is 6.